The second-order valence-electron chi connectivity index (χ2n) is 4.93. The van der Waals surface area contributed by atoms with Crippen LogP contribution >= 0.6 is 22.7 Å². The normalized spacial score (nSPS) is 10.6. The van der Waals surface area contributed by atoms with Crippen molar-refractivity contribution in [3.8, 4) is 10.7 Å². The van der Waals surface area contributed by atoms with Crippen LogP contribution < -0.4 is 5.32 Å². The average Bonchev–Trinajstić information content (AvgIpc) is 3.34. The number of thiophene rings is 1. The van der Waals surface area contributed by atoms with Crippen LogP contribution in [0.1, 0.15) is 18.0 Å². The van der Waals surface area contributed by atoms with E-state index >= 15 is 0 Å². The molecule has 3 heterocycles. The second-order valence-corrected chi connectivity index (χ2v) is 6.74. The van der Waals surface area contributed by atoms with Crippen LogP contribution in [0.5, 0.6) is 0 Å². The monoisotopic (exact) mass is 378 g/mol. The number of esters is 1. The number of carbonyl (C=O) groups excluding carboxylic acids is 2. The molecule has 0 aliphatic carbocycles. The lowest BCUT2D eigenvalue weighted by atomic mass is 10.3. The van der Waals surface area contributed by atoms with Gasteiger partial charge in [-0.15, -0.1) is 22.7 Å². The molecule has 0 saturated heterocycles. The Balaban J connectivity index is 1.49. The van der Waals surface area contributed by atoms with Crippen LogP contribution in [-0.2, 0) is 27.2 Å². The lowest BCUT2D eigenvalue weighted by molar-refractivity contribution is -0.139. The van der Waals surface area contributed by atoms with E-state index in [1.165, 1.54) is 29.8 Å². The number of nitrogens with one attached hydrogen (secondary N) is 1. The molecular formula is C15H14N4O4S2. The van der Waals surface area contributed by atoms with E-state index in [1.807, 2.05) is 17.5 Å². The summed E-state index contributed by atoms with van der Waals surface area (Å²) >= 11 is 2.77. The average molecular weight is 378 g/mol. The zero-order chi connectivity index (χ0) is 17.6. The number of carbonyl (C=O) groups is 2. The van der Waals surface area contributed by atoms with E-state index in [1.54, 1.807) is 5.38 Å². The fraction of sp³-hybridized carbons (Fsp3) is 0.267. The van der Waals surface area contributed by atoms with Crippen molar-refractivity contribution < 1.29 is 18.8 Å². The highest BCUT2D eigenvalue weighted by Gasteiger charge is 2.13. The Morgan fingerprint density at radius 1 is 1.32 bits per heavy atom. The first kappa shape index (κ1) is 17.2. The molecule has 0 aromatic carbocycles. The van der Waals surface area contributed by atoms with Crippen molar-refractivity contribution in [2.45, 2.75) is 19.3 Å². The predicted octanol–water partition coefficient (Wildman–Crippen LogP) is 2.54. The molecule has 0 spiro atoms. The maximum absolute atomic E-state index is 12.0. The molecule has 1 amide bonds. The minimum Gasteiger partial charge on any atom is -0.469 e. The summed E-state index contributed by atoms with van der Waals surface area (Å²) < 4.78 is 9.73. The molecule has 3 aromatic rings. The van der Waals surface area contributed by atoms with Gasteiger partial charge in [-0.05, 0) is 11.4 Å². The highest BCUT2D eigenvalue weighted by Crippen LogP contribution is 2.21. The van der Waals surface area contributed by atoms with Gasteiger partial charge in [0.1, 0.15) is 0 Å². The van der Waals surface area contributed by atoms with Crippen LogP contribution in [0.2, 0.25) is 0 Å². The summed E-state index contributed by atoms with van der Waals surface area (Å²) in [7, 11) is 1.32. The Labute approximate surface area is 150 Å². The molecule has 0 aliphatic heterocycles. The topological polar surface area (TPSA) is 107 Å². The highest BCUT2D eigenvalue weighted by atomic mass is 32.1. The summed E-state index contributed by atoms with van der Waals surface area (Å²) in [6.45, 7) is 0. The van der Waals surface area contributed by atoms with Gasteiger partial charge in [0.05, 0.1) is 24.1 Å². The summed E-state index contributed by atoms with van der Waals surface area (Å²) in [6.07, 6.45) is 0.610. The number of aryl methyl sites for hydroxylation is 1. The van der Waals surface area contributed by atoms with Crippen molar-refractivity contribution in [1.29, 1.82) is 0 Å². The summed E-state index contributed by atoms with van der Waals surface area (Å²) in [5.41, 5.74) is 0.560. The van der Waals surface area contributed by atoms with Crippen molar-refractivity contribution in [3.05, 3.63) is 34.5 Å². The lowest BCUT2D eigenvalue weighted by Gasteiger charge is -1.99. The zero-order valence-electron chi connectivity index (χ0n) is 13.2. The molecule has 0 bridgehead atoms. The Hall–Kier alpha value is -2.59. The van der Waals surface area contributed by atoms with E-state index in [2.05, 4.69) is 25.2 Å². The molecule has 1 N–H and O–H groups in total. The Morgan fingerprint density at radius 2 is 2.20 bits per heavy atom. The van der Waals surface area contributed by atoms with Gasteiger partial charge in [-0.3, -0.25) is 9.59 Å². The van der Waals surface area contributed by atoms with Gasteiger partial charge in [0, 0.05) is 18.2 Å². The largest absolute Gasteiger partial charge is 0.469 e. The molecule has 25 heavy (non-hydrogen) atoms. The first-order valence-corrected chi connectivity index (χ1v) is 9.07. The third-order valence-corrected chi connectivity index (χ3v) is 4.80. The van der Waals surface area contributed by atoms with E-state index < -0.39 is 0 Å². The fourth-order valence-corrected chi connectivity index (χ4v) is 3.31. The number of hydrogen-bond acceptors (Lipinski definition) is 9. The highest BCUT2D eigenvalue weighted by molar-refractivity contribution is 7.14. The van der Waals surface area contributed by atoms with Gasteiger partial charge in [0.2, 0.25) is 17.6 Å². The molecule has 10 heteroatoms. The van der Waals surface area contributed by atoms with Crippen molar-refractivity contribution in [2.75, 3.05) is 12.4 Å². The van der Waals surface area contributed by atoms with Gasteiger partial charge in [0.15, 0.2) is 5.13 Å². The van der Waals surface area contributed by atoms with Gasteiger partial charge in [-0.2, -0.15) is 4.98 Å². The summed E-state index contributed by atoms with van der Waals surface area (Å²) in [6, 6.07) is 3.81. The van der Waals surface area contributed by atoms with Crippen LogP contribution in [-0.4, -0.2) is 34.1 Å². The SMILES string of the molecule is COC(=O)Cc1csc(NC(=O)CCc2nc(-c3cccs3)no2)n1. The van der Waals surface area contributed by atoms with Crippen LogP contribution in [0.4, 0.5) is 5.13 Å². The predicted molar refractivity (Wildman–Crippen MR) is 92.4 cm³/mol. The molecule has 3 aromatic heterocycles. The van der Waals surface area contributed by atoms with E-state index in [0.717, 1.165) is 4.88 Å². The van der Waals surface area contributed by atoms with Crippen molar-refractivity contribution in [1.82, 2.24) is 15.1 Å². The van der Waals surface area contributed by atoms with Crippen molar-refractivity contribution in [3.63, 3.8) is 0 Å². The first-order valence-electron chi connectivity index (χ1n) is 7.31. The third-order valence-electron chi connectivity index (χ3n) is 3.13. The number of anilines is 1. The van der Waals surface area contributed by atoms with Crippen molar-refractivity contribution in [2.24, 2.45) is 0 Å². The maximum atomic E-state index is 12.0. The summed E-state index contributed by atoms with van der Waals surface area (Å²) in [5, 5.41) is 10.7. The number of rotatable bonds is 7. The van der Waals surface area contributed by atoms with E-state index in [9.17, 15) is 9.59 Å². The standard InChI is InChI=1S/C15H14N4O4S2/c1-22-13(21)7-9-8-25-15(16-9)17-11(20)4-5-12-18-14(19-23-12)10-3-2-6-24-10/h2-3,6,8H,4-5,7H2,1H3,(H,16,17,20). The summed E-state index contributed by atoms with van der Waals surface area (Å²) in [5.74, 6) is 0.345. The first-order chi connectivity index (χ1) is 12.1. The molecule has 3 rings (SSSR count). The number of aromatic nitrogens is 3. The number of amides is 1. The lowest BCUT2D eigenvalue weighted by Crippen LogP contribution is -2.12. The fourth-order valence-electron chi connectivity index (χ4n) is 1.93. The second kappa shape index (κ2) is 7.99. The van der Waals surface area contributed by atoms with Crippen LogP contribution in [0.25, 0.3) is 10.7 Å². The smallest absolute Gasteiger partial charge is 0.311 e. The minimum absolute atomic E-state index is 0.0797. The summed E-state index contributed by atoms with van der Waals surface area (Å²) in [4.78, 5) is 32.5. The number of ether oxygens (including phenoxy) is 1. The molecule has 0 fully saturated rings. The van der Waals surface area contributed by atoms with Gasteiger partial charge in [0.25, 0.3) is 0 Å². The number of methoxy groups -OCH3 is 1. The number of thiazole rings is 1. The molecule has 0 radical (unpaired) electrons. The zero-order valence-corrected chi connectivity index (χ0v) is 14.9. The van der Waals surface area contributed by atoms with E-state index in [4.69, 9.17) is 4.52 Å². The van der Waals surface area contributed by atoms with Gasteiger partial charge < -0.3 is 14.6 Å². The van der Waals surface area contributed by atoms with E-state index in [0.29, 0.717) is 29.0 Å². The molecule has 0 saturated carbocycles. The maximum Gasteiger partial charge on any atom is 0.311 e. The molecule has 0 aliphatic rings. The van der Waals surface area contributed by atoms with E-state index in [-0.39, 0.29) is 24.7 Å². The third kappa shape index (κ3) is 4.70. The quantitative estimate of drug-likeness (QED) is 0.630. The molecular weight excluding hydrogens is 364 g/mol. The molecule has 0 atom stereocenters. The van der Waals surface area contributed by atoms with Crippen molar-refractivity contribution >= 4 is 39.7 Å². The van der Waals surface area contributed by atoms with Crippen LogP contribution in [0, 0.1) is 0 Å². The molecule has 8 nitrogen and oxygen atoms in total. The number of nitrogens with zero attached hydrogens (tertiary/aromatic N) is 3. The molecule has 0 unspecified atom stereocenters. The minimum atomic E-state index is -0.374. The van der Waals surface area contributed by atoms with Gasteiger partial charge in [-0.25, -0.2) is 4.98 Å². The van der Waals surface area contributed by atoms with Crippen LogP contribution in [0.15, 0.2) is 27.4 Å². The Morgan fingerprint density at radius 3 is 2.96 bits per heavy atom. The Bertz CT molecular complexity index is 857. The molecule has 130 valence electrons. The Kier molecular flexibility index (Phi) is 5.51. The van der Waals surface area contributed by atoms with Crippen LogP contribution in [0.3, 0.4) is 0 Å². The number of hydrogen-bond donors (Lipinski definition) is 1. The van der Waals surface area contributed by atoms with Gasteiger partial charge >= 0.3 is 5.97 Å². The van der Waals surface area contributed by atoms with Gasteiger partial charge in [-0.1, -0.05) is 11.2 Å².